The Morgan fingerprint density at radius 1 is 0.886 bits per heavy atom. The normalized spacial score (nSPS) is 20.0. The van der Waals surface area contributed by atoms with Gasteiger partial charge in [-0.15, -0.1) is 0 Å². The van der Waals surface area contributed by atoms with Crippen molar-refractivity contribution < 1.29 is 4.79 Å². The van der Waals surface area contributed by atoms with Gasteiger partial charge in [0.1, 0.15) is 6.79 Å². The van der Waals surface area contributed by atoms with Gasteiger partial charge in [0.25, 0.3) is 0 Å². The Morgan fingerprint density at radius 2 is 1.60 bits per heavy atom. The largest absolute Gasteiger partial charge is 0.370 e. The van der Waals surface area contributed by atoms with Crippen LogP contribution in [0.5, 0.6) is 0 Å². The zero-order valence-electron chi connectivity index (χ0n) is 22.0. The summed E-state index contributed by atoms with van der Waals surface area (Å²) in [5.41, 5.74) is 8.17. The molecule has 0 spiro atoms. The van der Waals surface area contributed by atoms with Crippen molar-refractivity contribution in [2.24, 2.45) is 11.8 Å². The number of carbonyl (C=O) groups excluding carboxylic acids is 1. The van der Waals surface area contributed by atoms with E-state index in [1.807, 2.05) is 20.6 Å². The molecule has 35 heavy (non-hydrogen) atoms. The van der Waals surface area contributed by atoms with Gasteiger partial charge in [-0.2, -0.15) is 0 Å². The maximum absolute atomic E-state index is 8.00. The van der Waals surface area contributed by atoms with E-state index in [1.54, 1.807) is 0 Å². The van der Waals surface area contributed by atoms with E-state index in [2.05, 4.69) is 97.0 Å². The van der Waals surface area contributed by atoms with E-state index in [9.17, 15) is 0 Å². The first-order chi connectivity index (χ1) is 17.2. The zero-order chi connectivity index (χ0) is 25.2. The molecule has 3 aromatic rings. The molecule has 1 aliphatic carbocycles. The second-order valence-corrected chi connectivity index (χ2v) is 9.54. The second-order valence-electron chi connectivity index (χ2n) is 9.54. The molecule has 1 fully saturated rings. The van der Waals surface area contributed by atoms with Crippen molar-refractivity contribution in [3.8, 4) is 11.1 Å². The van der Waals surface area contributed by atoms with Crippen LogP contribution < -0.4 is 10.2 Å². The Labute approximate surface area is 212 Å². The first kappa shape index (κ1) is 26.7. The van der Waals surface area contributed by atoms with Gasteiger partial charge in [-0.1, -0.05) is 87.9 Å². The highest BCUT2D eigenvalue weighted by Gasteiger charge is 2.27. The number of anilines is 1. The number of nitrogens with one attached hydrogen (secondary N) is 1. The molecule has 0 amide bonds. The average molecular weight is 471 g/mol. The maximum atomic E-state index is 8.00. The second kappa shape index (κ2) is 13.3. The van der Waals surface area contributed by atoms with Crippen LogP contribution in [-0.2, 0) is 11.3 Å². The van der Waals surface area contributed by atoms with Crippen LogP contribution in [0.25, 0.3) is 11.1 Å². The fourth-order valence-electron chi connectivity index (χ4n) is 5.42. The van der Waals surface area contributed by atoms with Gasteiger partial charge in [0.2, 0.25) is 0 Å². The fourth-order valence-corrected chi connectivity index (χ4v) is 5.42. The third-order valence-corrected chi connectivity index (χ3v) is 7.53. The Hall–Kier alpha value is -2.91. The summed E-state index contributed by atoms with van der Waals surface area (Å²) in [4.78, 5) is 10.4. The summed E-state index contributed by atoms with van der Waals surface area (Å²) in [6, 6.07) is 27.0. The summed E-state index contributed by atoms with van der Waals surface area (Å²) < 4.78 is 0. The molecule has 0 radical (unpaired) electrons. The summed E-state index contributed by atoms with van der Waals surface area (Å²) in [7, 11) is 2.22. The summed E-state index contributed by atoms with van der Waals surface area (Å²) in [6.07, 6.45) is 5.49. The number of rotatable bonds is 6. The van der Waals surface area contributed by atoms with Gasteiger partial charge in [0.05, 0.1) is 6.04 Å². The van der Waals surface area contributed by atoms with E-state index in [-0.39, 0.29) is 6.04 Å². The maximum Gasteiger partial charge on any atom is 0.106 e. The Kier molecular flexibility index (Phi) is 10.1. The Morgan fingerprint density at radius 3 is 2.29 bits per heavy atom. The molecule has 1 heterocycles. The fraction of sp³-hybridized carbons (Fsp3) is 0.406. The average Bonchev–Trinajstić information content (AvgIpc) is 3.04. The van der Waals surface area contributed by atoms with E-state index >= 15 is 0 Å². The summed E-state index contributed by atoms with van der Waals surface area (Å²) in [5, 5.41) is 3.95. The first-order valence-corrected chi connectivity index (χ1v) is 13.2. The molecule has 3 heteroatoms. The molecular weight excluding hydrogens is 428 g/mol. The predicted octanol–water partition coefficient (Wildman–Crippen LogP) is 7.65. The van der Waals surface area contributed by atoms with E-state index < -0.39 is 0 Å². The third kappa shape index (κ3) is 6.21. The predicted molar refractivity (Wildman–Crippen MR) is 150 cm³/mol. The molecule has 186 valence electrons. The van der Waals surface area contributed by atoms with Gasteiger partial charge in [0, 0.05) is 19.3 Å². The molecule has 0 saturated heterocycles. The molecule has 1 N–H and O–H groups in total. The first-order valence-electron chi connectivity index (χ1n) is 13.2. The Balaban J connectivity index is 0.000000815. The minimum absolute atomic E-state index is 0.250. The van der Waals surface area contributed by atoms with Gasteiger partial charge in [0.15, 0.2) is 0 Å². The smallest absolute Gasteiger partial charge is 0.106 e. The summed E-state index contributed by atoms with van der Waals surface area (Å²) in [6.45, 7) is 10.4. The number of hydrogen-bond donors (Lipinski definition) is 1. The molecule has 3 unspecified atom stereocenters. The number of carbonyl (C=O) groups is 1. The molecule has 1 saturated carbocycles. The lowest BCUT2D eigenvalue weighted by Gasteiger charge is -2.34. The van der Waals surface area contributed by atoms with Gasteiger partial charge in [-0.3, -0.25) is 0 Å². The van der Waals surface area contributed by atoms with Gasteiger partial charge >= 0.3 is 0 Å². The third-order valence-electron chi connectivity index (χ3n) is 7.53. The van der Waals surface area contributed by atoms with E-state index in [4.69, 9.17) is 4.79 Å². The minimum Gasteiger partial charge on any atom is -0.370 e. The molecule has 3 nitrogen and oxygen atoms in total. The van der Waals surface area contributed by atoms with Crippen LogP contribution in [0.3, 0.4) is 0 Å². The minimum atomic E-state index is 0.250. The van der Waals surface area contributed by atoms with Gasteiger partial charge in [-0.05, 0) is 77.6 Å². The van der Waals surface area contributed by atoms with Crippen molar-refractivity contribution in [1.29, 1.82) is 0 Å². The molecule has 0 bridgehead atoms. The number of fused-ring (bicyclic) bond motifs is 2. The van der Waals surface area contributed by atoms with Crippen LogP contribution in [0.1, 0.15) is 69.2 Å². The van der Waals surface area contributed by atoms with Crippen molar-refractivity contribution >= 4 is 12.5 Å². The van der Waals surface area contributed by atoms with Crippen molar-refractivity contribution in [2.75, 3.05) is 18.5 Å². The highest BCUT2D eigenvalue weighted by molar-refractivity contribution is 5.67. The highest BCUT2D eigenvalue weighted by Crippen LogP contribution is 2.39. The zero-order valence-corrected chi connectivity index (χ0v) is 22.0. The van der Waals surface area contributed by atoms with E-state index in [0.717, 1.165) is 24.9 Å². The lowest BCUT2D eigenvalue weighted by Crippen LogP contribution is -2.27. The summed E-state index contributed by atoms with van der Waals surface area (Å²) in [5.74, 6) is 1.89. The van der Waals surface area contributed by atoms with Crippen LogP contribution >= 0.6 is 0 Å². The lowest BCUT2D eigenvalue weighted by molar-refractivity contribution is -0.0979. The van der Waals surface area contributed by atoms with Crippen LogP contribution in [0.15, 0.2) is 72.8 Å². The van der Waals surface area contributed by atoms with Crippen LogP contribution in [0.2, 0.25) is 0 Å². The lowest BCUT2D eigenvalue weighted by atomic mass is 9.73. The number of hydrogen-bond acceptors (Lipinski definition) is 3. The summed E-state index contributed by atoms with van der Waals surface area (Å²) >= 11 is 0. The number of nitrogens with zero attached hydrogens (tertiary/aromatic N) is 1. The number of benzene rings is 3. The molecule has 1 aliphatic heterocycles. The van der Waals surface area contributed by atoms with E-state index in [1.165, 1.54) is 59.2 Å². The van der Waals surface area contributed by atoms with Crippen molar-refractivity contribution in [2.45, 2.75) is 59.0 Å². The highest BCUT2D eigenvalue weighted by atomic mass is 16.1. The monoisotopic (exact) mass is 470 g/mol. The standard InChI is InChI=1S/C29H34N2.C2H6.CH2O/c1-21-14-15-22(21)11-8-18-30-29-26-17-16-24(23-9-4-3-5-10-23)19-25(26)20-31(2)28-13-7-6-12-27(28)29;2*1-2/h3-7,9-10,12-13,16-17,19,21-22,29-30H,8,11,14-15,18,20H2,1-2H3;1-2H3;1H2. The number of para-hydroxylation sites is 1. The molecule has 3 atom stereocenters. The molecule has 2 aliphatic rings. The van der Waals surface area contributed by atoms with Gasteiger partial charge in [-0.25, -0.2) is 0 Å². The Bertz CT molecular complexity index is 1050. The molecule has 0 aromatic heterocycles. The van der Waals surface area contributed by atoms with Crippen LogP contribution in [-0.4, -0.2) is 20.4 Å². The van der Waals surface area contributed by atoms with E-state index in [0.29, 0.717) is 0 Å². The van der Waals surface area contributed by atoms with Crippen molar-refractivity contribution in [1.82, 2.24) is 5.32 Å². The van der Waals surface area contributed by atoms with Crippen LogP contribution in [0, 0.1) is 11.8 Å². The SMILES string of the molecule is C=O.CC.CC1CCC1CCCNC1c2ccc(-c3ccccc3)cc2CN(C)c2ccccc21. The van der Waals surface area contributed by atoms with Crippen molar-refractivity contribution in [3.05, 3.63) is 89.5 Å². The van der Waals surface area contributed by atoms with Crippen molar-refractivity contribution in [3.63, 3.8) is 0 Å². The quantitative estimate of drug-likeness (QED) is 0.376. The van der Waals surface area contributed by atoms with Gasteiger partial charge < -0.3 is 15.0 Å². The molecule has 5 rings (SSSR count). The molecule has 3 aromatic carbocycles. The van der Waals surface area contributed by atoms with Crippen LogP contribution in [0.4, 0.5) is 5.69 Å². The molecular formula is C32H42N2O. The topological polar surface area (TPSA) is 32.3 Å².